The maximum absolute atomic E-state index is 11.7. The van der Waals surface area contributed by atoms with Gasteiger partial charge in [-0.2, -0.15) is 0 Å². The van der Waals surface area contributed by atoms with Crippen molar-refractivity contribution in [1.82, 2.24) is 0 Å². The van der Waals surface area contributed by atoms with E-state index in [1.165, 1.54) is 12.1 Å². The molecular formula is C7H6ClF3N2O. The monoisotopic (exact) mass is 226 g/mol. The molecule has 0 atom stereocenters. The first-order valence-electron chi connectivity index (χ1n) is 3.45. The van der Waals surface area contributed by atoms with E-state index in [1.807, 2.05) is 0 Å². The SMILES string of the molecule is NN(Cl)c1ccc(OC(F)(F)F)cc1. The van der Waals surface area contributed by atoms with Crippen LogP contribution in [0.25, 0.3) is 0 Å². The van der Waals surface area contributed by atoms with Gasteiger partial charge in [-0.05, 0) is 24.3 Å². The van der Waals surface area contributed by atoms with Gasteiger partial charge in [0.1, 0.15) is 5.75 Å². The molecule has 78 valence electrons. The van der Waals surface area contributed by atoms with Crippen LogP contribution in [0.3, 0.4) is 0 Å². The number of anilines is 1. The minimum absolute atomic E-state index is 0.320. The predicted octanol–water partition coefficient (Wildman–Crippen LogP) is 2.42. The lowest BCUT2D eigenvalue weighted by Crippen LogP contribution is -2.19. The Hall–Kier alpha value is -1.14. The van der Waals surface area contributed by atoms with Crippen LogP contribution in [-0.4, -0.2) is 6.36 Å². The van der Waals surface area contributed by atoms with Crippen LogP contribution in [0.2, 0.25) is 0 Å². The normalized spacial score (nSPS) is 11.2. The molecule has 1 aromatic rings. The third kappa shape index (κ3) is 3.31. The highest BCUT2D eigenvalue weighted by molar-refractivity contribution is 6.24. The van der Waals surface area contributed by atoms with Crippen molar-refractivity contribution in [3.05, 3.63) is 24.3 Å². The van der Waals surface area contributed by atoms with Gasteiger partial charge in [-0.1, -0.05) is 0 Å². The van der Waals surface area contributed by atoms with Crippen molar-refractivity contribution in [2.24, 2.45) is 5.84 Å². The minimum atomic E-state index is -4.69. The molecule has 0 aliphatic carbocycles. The summed E-state index contributed by atoms with van der Waals surface area (Å²) in [6.07, 6.45) is -4.69. The Morgan fingerprint density at radius 3 is 2.07 bits per heavy atom. The molecule has 0 saturated carbocycles. The van der Waals surface area contributed by atoms with Gasteiger partial charge in [-0.25, -0.2) is 10.4 Å². The number of alkyl halides is 3. The van der Waals surface area contributed by atoms with E-state index in [-0.39, 0.29) is 5.75 Å². The van der Waals surface area contributed by atoms with Crippen LogP contribution < -0.4 is 15.1 Å². The summed E-state index contributed by atoms with van der Waals surface area (Å²) in [5.41, 5.74) is 0.362. The van der Waals surface area contributed by atoms with Crippen LogP contribution in [0.5, 0.6) is 5.75 Å². The number of rotatable bonds is 2. The number of hydrogen-bond donors (Lipinski definition) is 1. The summed E-state index contributed by atoms with van der Waals surface area (Å²) in [6, 6.07) is 4.83. The van der Waals surface area contributed by atoms with E-state index in [0.29, 0.717) is 5.69 Å². The second kappa shape index (κ2) is 3.93. The van der Waals surface area contributed by atoms with Gasteiger partial charge in [0, 0.05) is 11.8 Å². The molecule has 0 bridgehead atoms. The maximum Gasteiger partial charge on any atom is 0.573 e. The molecule has 0 unspecified atom stereocenters. The van der Waals surface area contributed by atoms with Gasteiger partial charge in [0.25, 0.3) is 0 Å². The molecule has 0 aliphatic rings. The molecule has 7 heteroatoms. The van der Waals surface area contributed by atoms with Gasteiger partial charge in [0.2, 0.25) is 0 Å². The van der Waals surface area contributed by atoms with Crippen molar-refractivity contribution in [3.8, 4) is 5.75 Å². The zero-order valence-corrected chi connectivity index (χ0v) is 7.51. The molecule has 0 radical (unpaired) electrons. The van der Waals surface area contributed by atoms with Crippen LogP contribution in [0.4, 0.5) is 18.9 Å². The lowest BCUT2D eigenvalue weighted by Gasteiger charge is -2.11. The van der Waals surface area contributed by atoms with Crippen molar-refractivity contribution in [2.45, 2.75) is 6.36 Å². The Kier molecular flexibility index (Phi) is 3.07. The molecule has 0 aromatic heterocycles. The average molecular weight is 227 g/mol. The number of hydrogen-bond acceptors (Lipinski definition) is 3. The molecule has 1 rings (SSSR count). The first-order chi connectivity index (χ1) is 6.38. The Morgan fingerprint density at radius 2 is 1.71 bits per heavy atom. The number of nitrogens with two attached hydrogens (primary N) is 1. The first kappa shape index (κ1) is 10.9. The molecule has 0 saturated heterocycles. The number of nitrogens with zero attached hydrogens (tertiary/aromatic N) is 1. The summed E-state index contributed by atoms with van der Waals surface area (Å²) in [4.78, 5) is 0. The molecule has 3 nitrogen and oxygen atoms in total. The highest BCUT2D eigenvalue weighted by Gasteiger charge is 2.30. The smallest absolute Gasteiger partial charge is 0.406 e. The van der Waals surface area contributed by atoms with Gasteiger partial charge >= 0.3 is 6.36 Å². The van der Waals surface area contributed by atoms with Crippen LogP contribution in [-0.2, 0) is 0 Å². The molecule has 0 aliphatic heterocycles. The molecule has 0 spiro atoms. The standard InChI is InChI=1S/C7H6ClF3N2O/c8-13(12)5-1-3-6(4-2-5)14-7(9,10)11/h1-4H,12H2. The third-order valence-electron chi connectivity index (χ3n) is 1.32. The largest absolute Gasteiger partial charge is 0.573 e. The molecule has 2 N–H and O–H groups in total. The van der Waals surface area contributed by atoms with Gasteiger partial charge in [-0.3, -0.25) is 0 Å². The van der Waals surface area contributed by atoms with Crippen molar-refractivity contribution in [2.75, 3.05) is 4.53 Å². The fourth-order valence-corrected chi connectivity index (χ4v) is 0.903. The van der Waals surface area contributed by atoms with Gasteiger partial charge in [-0.15, -0.1) is 13.2 Å². The molecule has 0 amide bonds. The summed E-state index contributed by atoms with van der Waals surface area (Å²) in [5.74, 6) is 4.81. The number of hydrazine groups is 1. The molecule has 1 aromatic carbocycles. The number of benzene rings is 1. The fourth-order valence-electron chi connectivity index (χ4n) is 0.790. The lowest BCUT2D eigenvalue weighted by molar-refractivity contribution is -0.274. The summed E-state index contributed by atoms with van der Waals surface area (Å²) >= 11 is 5.34. The van der Waals surface area contributed by atoms with E-state index >= 15 is 0 Å². The summed E-state index contributed by atoms with van der Waals surface area (Å²) in [6.45, 7) is 0. The van der Waals surface area contributed by atoms with E-state index < -0.39 is 6.36 Å². The van der Waals surface area contributed by atoms with E-state index in [0.717, 1.165) is 16.7 Å². The van der Waals surface area contributed by atoms with E-state index in [9.17, 15) is 13.2 Å². The second-order valence-corrected chi connectivity index (χ2v) is 2.72. The van der Waals surface area contributed by atoms with Gasteiger partial charge < -0.3 is 4.74 Å². The van der Waals surface area contributed by atoms with Gasteiger partial charge in [0.05, 0.1) is 5.69 Å². The summed E-state index contributed by atoms with van der Waals surface area (Å²) in [5, 5.41) is 0. The van der Waals surface area contributed by atoms with Crippen molar-refractivity contribution >= 4 is 17.5 Å². The van der Waals surface area contributed by atoms with Gasteiger partial charge in [0.15, 0.2) is 0 Å². The van der Waals surface area contributed by atoms with Crippen molar-refractivity contribution < 1.29 is 17.9 Å². The highest BCUT2D eigenvalue weighted by atomic mass is 35.5. The van der Waals surface area contributed by atoms with Crippen LogP contribution in [0, 0.1) is 0 Å². The zero-order valence-electron chi connectivity index (χ0n) is 6.75. The quantitative estimate of drug-likeness (QED) is 0.478. The lowest BCUT2D eigenvalue weighted by atomic mass is 10.3. The van der Waals surface area contributed by atoms with Crippen LogP contribution >= 0.6 is 11.8 Å². The van der Waals surface area contributed by atoms with Crippen molar-refractivity contribution in [1.29, 1.82) is 0 Å². The molecule has 0 fully saturated rings. The number of ether oxygens (including phenoxy) is 1. The average Bonchev–Trinajstić information content (AvgIpc) is 2.02. The van der Waals surface area contributed by atoms with Crippen LogP contribution in [0.15, 0.2) is 24.3 Å². The fraction of sp³-hybridized carbons (Fsp3) is 0.143. The zero-order chi connectivity index (χ0) is 10.8. The van der Waals surface area contributed by atoms with E-state index in [2.05, 4.69) is 4.74 Å². The Labute approximate surface area is 82.9 Å². The molecular weight excluding hydrogens is 221 g/mol. The topological polar surface area (TPSA) is 38.5 Å². The maximum atomic E-state index is 11.7. The van der Waals surface area contributed by atoms with E-state index in [1.54, 1.807) is 0 Å². The van der Waals surface area contributed by atoms with Crippen LogP contribution in [0.1, 0.15) is 0 Å². The predicted molar refractivity (Wildman–Crippen MR) is 45.6 cm³/mol. The summed E-state index contributed by atoms with van der Waals surface area (Å²) in [7, 11) is 0. The summed E-state index contributed by atoms with van der Waals surface area (Å²) < 4.78 is 39.5. The Morgan fingerprint density at radius 1 is 1.21 bits per heavy atom. The van der Waals surface area contributed by atoms with E-state index in [4.69, 9.17) is 17.6 Å². The minimum Gasteiger partial charge on any atom is -0.406 e. The molecule has 0 heterocycles. The highest BCUT2D eigenvalue weighted by Crippen LogP contribution is 2.24. The first-order valence-corrected chi connectivity index (χ1v) is 3.79. The molecule has 14 heavy (non-hydrogen) atoms. The van der Waals surface area contributed by atoms with Crippen molar-refractivity contribution in [3.63, 3.8) is 0 Å². The Balaban J connectivity index is 2.74. The number of halogens is 4. The third-order valence-corrected chi connectivity index (χ3v) is 1.51. The Bertz CT molecular complexity index is 299. The second-order valence-electron chi connectivity index (χ2n) is 2.35.